The van der Waals surface area contributed by atoms with Crippen molar-refractivity contribution in [3.05, 3.63) is 42.0 Å². The molecule has 0 N–H and O–H groups in total. The Bertz CT molecular complexity index is 911. The number of aryl methyl sites for hydroxylation is 2. The summed E-state index contributed by atoms with van der Waals surface area (Å²) in [4.78, 5) is 23.7. The van der Waals surface area contributed by atoms with Gasteiger partial charge in [0, 0.05) is 26.0 Å². The number of anilines is 1. The molecule has 25 heavy (non-hydrogen) atoms. The van der Waals surface area contributed by atoms with Gasteiger partial charge in [0.1, 0.15) is 0 Å². The zero-order chi connectivity index (χ0) is 17.4. The molecule has 1 fully saturated rings. The normalized spacial score (nSPS) is 17.3. The fourth-order valence-electron chi connectivity index (χ4n) is 3.07. The van der Waals surface area contributed by atoms with Gasteiger partial charge in [0.25, 0.3) is 5.91 Å². The van der Waals surface area contributed by atoms with Crippen molar-refractivity contribution in [2.45, 2.75) is 25.9 Å². The third-order valence-corrected chi connectivity index (χ3v) is 5.47. The molecule has 1 atom stereocenters. The number of hydrogen-bond donors (Lipinski definition) is 0. The minimum absolute atomic E-state index is 0.0537. The van der Waals surface area contributed by atoms with Crippen molar-refractivity contribution < 1.29 is 9.53 Å². The molecule has 0 saturated carbocycles. The van der Waals surface area contributed by atoms with Crippen LogP contribution < -0.4 is 4.90 Å². The number of fused-ring (bicyclic) bond motifs is 1. The Morgan fingerprint density at radius 1 is 1.48 bits per heavy atom. The number of carbonyl (C=O) groups excluding carboxylic acids is 1. The van der Waals surface area contributed by atoms with E-state index < -0.39 is 0 Å². The SMILES string of the molecule is Cc1ccc2nc(N(CC3CCCO3)C(=O)c3nccn3C)sc2c1. The summed E-state index contributed by atoms with van der Waals surface area (Å²) in [5.41, 5.74) is 2.10. The van der Waals surface area contributed by atoms with Crippen LogP contribution in [0.5, 0.6) is 0 Å². The van der Waals surface area contributed by atoms with Crippen molar-refractivity contribution in [1.29, 1.82) is 0 Å². The molecule has 6 nitrogen and oxygen atoms in total. The van der Waals surface area contributed by atoms with Gasteiger partial charge >= 0.3 is 0 Å². The summed E-state index contributed by atoms with van der Waals surface area (Å²) in [6.07, 6.45) is 5.47. The summed E-state index contributed by atoms with van der Waals surface area (Å²) in [6, 6.07) is 6.14. The van der Waals surface area contributed by atoms with Gasteiger partial charge in [0.2, 0.25) is 0 Å². The van der Waals surface area contributed by atoms with Gasteiger partial charge in [0.05, 0.1) is 22.9 Å². The van der Waals surface area contributed by atoms with Gasteiger partial charge in [-0.05, 0) is 37.5 Å². The smallest absolute Gasteiger partial charge is 0.296 e. The Labute approximate surface area is 150 Å². The highest BCUT2D eigenvalue weighted by atomic mass is 32.1. The van der Waals surface area contributed by atoms with Gasteiger partial charge in [0.15, 0.2) is 11.0 Å². The summed E-state index contributed by atoms with van der Waals surface area (Å²) in [6.45, 7) is 3.32. The first kappa shape index (κ1) is 16.2. The Morgan fingerprint density at radius 2 is 2.36 bits per heavy atom. The van der Waals surface area contributed by atoms with Gasteiger partial charge in [-0.1, -0.05) is 17.4 Å². The minimum Gasteiger partial charge on any atom is -0.376 e. The summed E-state index contributed by atoms with van der Waals surface area (Å²) in [7, 11) is 1.83. The van der Waals surface area contributed by atoms with E-state index in [4.69, 9.17) is 4.74 Å². The first-order chi connectivity index (χ1) is 12.1. The van der Waals surface area contributed by atoms with Crippen LogP contribution in [0.3, 0.4) is 0 Å². The molecule has 1 aliphatic rings. The lowest BCUT2D eigenvalue weighted by Gasteiger charge is -2.22. The summed E-state index contributed by atoms with van der Waals surface area (Å²) in [5, 5.41) is 0.698. The molecule has 1 unspecified atom stereocenters. The molecule has 1 saturated heterocycles. The monoisotopic (exact) mass is 356 g/mol. The van der Waals surface area contributed by atoms with Crippen LogP contribution in [-0.4, -0.2) is 39.7 Å². The first-order valence-corrected chi connectivity index (χ1v) is 9.21. The average molecular weight is 356 g/mol. The van der Waals surface area contributed by atoms with Crippen molar-refractivity contribution >= 4 is 32.6 Å². The van der Waals surface area contributed by atoms with Gasteiger partial charge in [-0.3, -0.25) is 9.69 Å². The van der Waals surface area contributed by atoms with Crippen molar-refractivity contribution in [3.63, 3.8) is 0 Å². The number of nitrogens with zero attached hydrogens (tertiary/aromatic N) is 4. The molecular formula is C18H20N4O2S. The number of benzene rings is 1. The third-order valence-electron chi connectivity index (χ3n) is 4.43. The van der Waals surface area contributed by atoms with Crippen molar-refractivity contribution in [2.75, 3.05) is 18.1 Å². The Balaban J connectivity index is 1.72. The number of ether oxygens (including phenoxy) is 1. The second-order valence-corrected chi connectivity index (χ2v) is 7.39. The topological polar surface area (TPSA) is 60.3 Å². The molecule has 0 radical (unpaired) electrons. The molecule has 4 rings (SSSR count). The second-order valence-electron chi connectivity index (χ2n) is 6.38. The summed E-state index contributed by atoms with van der Waals surface area (Å²) < 4.78 is 8.57. The molecule has 1 aliphatic heterocycles. The van der Waals surface area contributed by atoms with E-state index in [1.165, 1.54) is 16.9 Å². The fraction of sp³-hybridized carbons (Fsp3) is 0.389. The van der Waals surface area contributed by atoms with Gasteiger partial charge in [-0.2, -0.15) is 0 Å². The van der Waals surface area contributed by atoms with Gasteiger partial charge < -0.3 is 9.30 Å². The van der Waals surface area contributed by atoms with Gasteiger partial charge in [-0.25, -0.2) is 9.97 Å². The summed E-state index contributed by atoms with van der Waals surface area (Å²) in [5.74, 6) is 0.271. The zero-order valence-corrected chi connectivity index (χ0v) is 15.1. The highest BCUT2D eigenvalue weighted by Crippen LogP contribution is 2.31. The minimum atomic E-state index is -0.140. The Morgan fingerprint density at radius 3 is 3.08 bits per heavy atom. The average Bonchev–Trinajstić information content (AvgIpc) is 3.31. The Hall–Kier alpha value is -2.25. The number of rotatable bonds is 4. The molecule has 0 bridgehead atoms. The van der Waals surface area contributed by atoms with Crippen LogP contribution in [-0.2, 0) is 11.8 Å². The van der Waals surface area contributed by atoms with Crippen molar-refractivity contribution in [1.82, 2.24) is 14.5 Å². The lowest BCUT2D eigenvalue weighted by atomic mass is 10.2. The Kier molecular flexibility index (Phi) is 4.27. The zero-order valence-electron chi connectivity index (χ0n) is 14.3. The number of hydrogen-bond acceptors (Lipinski definition) is 5. The highest BCUT2D eigenvalue weighted by Gasteiger charge is 2.28. The van der Waals surface area contributed by atoms with Crippen LogP contribution >= 0.6 is 11.3 Å². The van der Waals surface area contributed by atoms with Crippen LogP contribution in [0.2, 0.25) is 0 Å². The maximum atomic E-state index is 13.1. The largest absolute Gasteiger partial charge is 0.376 e. The molecule has 130 valence electrons. The molecule has 0 spiro atoms. The standard InChI is InChI=1S/C18H20N4O2S/c1-12-5-6-14-15(10-12)25-18(20-14)22(11-13-4-3-9-24-13)17(23)16-19-7-8-21(16)2/h5-8,10,13H,3-4,9,11H2,1-2H3. The molecule has 1 amide bonds. The molecule has 1 aromatic carbocycles. The lowest BCUT2D eigenvalue weighted by Crippen LogP contribution is -2.38. The number of thiazole rings is 1. The van der Waals surface area contributed by atoms with E-state index in [1.54, 1.807) is 21.9 Å². The molecule has 2 aromatic heterocycles. The number of imidazole rings is 1. The fourth-order valence-corrected chi connectivity index (χ4v) is 4.14. The molecule has 3 heterocycles. The van der Waals surface area contributed by atoms with E-state index in [1.807, 2.05) is 19.2 Å². The van der Waals surface area contributed by atoms with E-state index in [9.17, 15) is 4.79 Å². The van der Waals surface area contributed by atoms with Crippen LogP contribution in [0.4, 0.5) is 5.13 Å². The highest BCUT2D eigenvalue weighted by molar-refractivity contribution is 7.22. The van der Waals surface area contributed by atoms with Crippen LogP contribution in [0.25, 0.3) is 10.2 Å². The van der Waals surface area contributed by atoms with Crippen LogP contribution in [0, 0.1) is 6.92 Å². The number of aromatic nitrogens is 3. The van der Waals surface area contributed by atoms with E-state index in [0.717, 1.165) is 29.7 Å². The summed E-state index contributed by atoms with van der Waals surface area (Å²) >= 11 is 1.54. The van der Waals surface area contributed by atoms with E-state index >= 15 is 0 Å². The van der Waals surface area contributed by atoms with Crippen LogP contribution in [0.1, 0.15) is 29.0 Å². The molecule has 0 aliphatic carbocycles. The maximum Gasteiger partial charge on any atom is 0.296 e. The second kappa shape index (κ2) is 6.57. The van der Waals surface area contributed by atoms with Crippen LogP contribution in [0.15, 0.2) is 30.6 Å². The van der Waals surface area contributed by atoms with Crippen molar-refractivity contribution in [2.24, 2.45) is 7.05 Å². The predicted molar refractivity (Wildman–Crippen MR) is 98.2 cm³/mol. The first-order valence-electron chi connectivity index (χ1n) is 8.40. The van der Waals surface area contributed by atoms with E-state index in [0.29, 0.717) is 17.5 Å². The maximum absolute atomic E-state index is 13.1. The predicted octanol–water partition coefficient (Wildman–Crippen LogP) is 3.16. The molecule has 3 aromatic rings. The van der Waals surface area contributed by atoms with E-state index in [-0.39, 0.29) is 12.0 Å². The molecular weight excluding hydrogens is 336 g/mol. The number of amides is 1. The quantitative estimate of drug-likeness (QED) is 0.720. The lowest BCUT2D eigenvalue weighted by molar-refractivity contribution is 0.0906. The third kappa shape index (κ3) is 3.17. The number of carbonyl (C=O) groups is 1. The van der Waals surface area contributed by atoms with Crippen molar-refractivity contribution in [3.8, 4) is 0 Å². The van der Waals surface area contributed by atoms with E-state index in [2.05, 4.69) is 23.0 Å². The molecule has 7 heteroatoms. The van der Waals surface area contributed by atoms with Gasteiger partial charge in [-0.15, -0.1) is 0 Å².